The van der Waals surface area contributed by atoms with Gasteiger partial charge in [0.1, 0.15) is 4.75 Å². The fourth-order valence-corrected chi connectivity index (χ4v) is 4.69. The predicted octanol–water partition coefficient (Wildman–Crippen LogP) is 3.99. The second-order valence-electron chi connectivity index (χ2n) is 7.47. The second-order valence-corrected chi connectivity index (χ2v) is 10.1. The van der Waals surface area contributed by atoms with Crippen LogP contribution in [0, 0.1) is 5.92 Å². The van der Waals surface area contributed by atoms with Gasteiger partial charge in [0, 0.05) is 16.4 Å². The Morgan fingerprint density at radius 3 is 2.52 bits per heavy atom. The lowest BCUT2D eigenvalue weighted by Crippen LogP contribution is -2.54. The average molecular weight is 386 g/mol. The van der Waals surface area contributed by atoms with Crippen LogP contribution in [0.3, 0.4) is 0 Å². The Morgan fingerprint density at radius 1 is 1.32 bits per heavy atom. The van der Waals surface area contributed by atoms with Crippen molar-refractivity contribution >= 4 is 28.9 Å². The molecule has 25 heavy (non-hydrogen) atoms. The maximum atomic E-state index is 13.1. The van der Waals surface area contributed by atoms with Crippen molar-refractivity contribution in [2.75, 3.05) is 13.2 Å². The molecule has 4 nitrogen and oxygen atoms in total. The van der Waals surface area contributed by atoms with Crippen LogP contribution in [-0.4, -0.2) is 38.8 Å². The van der Waals surface area contributed by atoms with Crippen molar-refractivity contribution in [3.8, 4) is 0 Å². The molecule has 140 valence electrons. The predicted molar refractivity (Wildman–Crippen MR) is 103 cm³/mol. The van der Waals surface area contributed by atoms with Crippen molar-refractivity contribution in [1.82, 2.24) is 4.31 Å². The Morgan fingerprint density at radius 2 is 1.96 bits per heavy atom. The van der Waals surface area contributed by atoms with E-state index in [4.69, 9.17) is 16.3 Å². The molecule has 0 bridgehead atoms. The van der Waals surface area contributed by atoms with Gasteiger partial charge in [-0.3, -0.25) is 4.79 Å². The first-order chi connectivity index (χ1) is 11.7. The zero-order chi connectivity index (χ0) is 18.6. The van der Waals surface area contributed by atoms with Gasteiger partial charge in [-0.2, -0.15) is 0 Å². The van der Waals surface area contributed by atoms with Gasteiger partial charge in [0.25, 0.3) is 0 Å². The quantitative estimate of drug-likeness (QED) is 0.568. The molecule has 0 aliphatic carbocycles. The Kier molecular flexibility index (Phi) is 7.20. The number of benzene rings is 1. The molecule has 1 aromatic carbocycles. The molecule has 2 rings (SSSR count). The zero-order valence-corrected chi connectivity index (χ0v) is 17.0. The summed E-state index contributed by atoms with van der Waals surface area (Å²) in [5.41, 5.74) is 1.17. The van der Waals surface area contributed by atoms with Crippen LogP contribution in [0.25, 0.3) is 0 Å². The van der Waals surface area contributed by atoms with Crippen LogP contribution in [0.5, 0.6) is 0 Å². The summed E-state index contributed by atoms with van der Waals surface area (Å²) < 4.78 is 19.9. The lowest BCUT2D eigenvalue weighted by molar-refractivity contribution is -0.149. The van der Waals surface area contributed by atoms with E-state index in [0.717, 1.165) is 19.3 Å². The molecule has 0 spiro atoms. The first-order valence-corrected chi connectivity index (χ1v) is 10.3. The number of carbonyl (C=O) groups excluding carboxylic acids is 1. The molecule has 1 unspecified atom stereocenters. The second kappa shape index (κ2) is 8.76. The molecule has 1 aromatic rings. The summed E-state index contributed by atoms with van der Waals surface area (Å²) in [6.45, 7) is 8.59. The molecule has 1 fully saturated rings. The maximum absolute atomic E-state index is 13.1. The summed E-state index contributed by atoms with van der Waals surface area (Å²) >= 11 is 4.79. The highest BCUT2D eigenvalue weighted by Gasteiger charge is 2.43. The number of nitrogens with zero attached hydrogens (tertiary/aromatic N) is 1. The van der Waals surface area contributed by atoms with Gasteiger partial charge in [-0.05, 0) is 64.7 Å². The fraction of sp³-hybridized carbons (Fsp3) is 0.632. The molecule has 0 amide bonds. The van der Waals surface area contributed by atoms with E-state index in [9.17, 15) is 9.35 Å². The Bertz CT molecular complexity index is 573. The molecule has 0 N–H and O–H groups in total. The monoisotopic (exact) mass is 385 g/mol. The van der Waals surface area contributed by atoms with E-state index in [1.54, 1.807) is 0 Å². The van der Waals surface area contributed by atoms with Gasteiger partial charge in [0.2, 0.25) is 0 Å². The molecule has 6 heteroatoms. The van der Waals surface area contributed by atoms with E-state index in [1.807, 2.05) is 56.3 Å². The van der Waals surface area contributed by atoms with Crippen molar-refractivity contribution in [1.29, 1.82) is 0 Å². The van der Waals surface area contributed by atoms with Gasteiger partial charge in [-0.25, -0.2) is 0 Å². The number of rotatable bonds is 5. The van der Waals surface area contributed by atoms with Gasteiger partial charge < -0.3 is 9.29 Å². The van der Waals surface area contributed by atoms with E-state index < -0.39 is 11.4 Å². The van der Waals surface area contributed by atoms with Crippen LogP contribution in [0.4, 0.5) is 0 Å². The molecule has 1 aliphatic heterocycles. The molecule has 1 aliphatic rings. The third kappa shape index (κ3) is 5.61. The number of esters is 1. The van der Waals surface area contributed by atoms with E-state index in [0.29, 0.717) is 18.2 Å². The normalized spacial score (nSPS) is 23.3. The van der Waals surface area contributed by atoms with Gasteiger partial charge in [0.15, 0.2) is 0 Å². The van der Waals surface area contributed by atoms with E-state index in [2.05, 4.69) is 0 Å². The Hall–Kier alpha value is -0.750. The molecule has 3 atom stereocenters. The highest BCUT2D eigenvalue weighted by molar-refractivity contribution is 7.90. The fourth-order valence-electron chi connectivity index (χ4n) is 3.10. The topological polar surface area (TPSA) is 52.6 Å². The third-order valence-electron chi connectivity index (χ3n) is 4.40. The average Bonchev–Trinajstić information content (AvgIpc) is 2.56. The van der Waals surface area contributed by atoms with Crippen molar-refractivity contribution in [2.45, 2.75) is 57.7 Å². The standard InChI is InChI=1S/C19H28ClNO3S/c1-5-24-18(22)15-8-11-17(12-14-6-9-16(20)10-7-14)21(13-15)25(23)19(2,3)4/h6-7,9-10,15,17H,5,8,11-13H2,1-4H3/t15?,17-,25+/m1/s1. The minimum Gasteiger partial charge on any atom is -0.597 e. The highest BCUT2D eigenvalue weighted by atomic mass is 35.5. The molecule has 0 radical (unpaired) electrons. The number of hydrogen-bond acceptors (Lipinski definition) is 4. The van der Waals surface area contributed by atoms with Crippen LogP contribution in [0.2, 0.25) is 5.02 Å². The molecule has 1 heterocycles. The van der Waals surface area contributed by atoms with Crippen LogP contribution in [0.15, 0.2) is 24.3 Å². The molecular weight excluding hydrogens is 358 g/mol. The van der Waals surface area contributed by atoms with Crippen molar-refractivity contribution < 1.29 is 14.1 Å². The molecule has 0 aromatic heterocycles. The summed E-state index contributed by atoms with van der Waals surface area (Å²) in [4.78, 5) is 12.2. The Balaban J connectivity index is 2.16. The lowest BCUT2D eigenvalue weighted by Gasteiger charge is -2.41. The first kappa shape index (κ1) is 20.6. The van der Waals surface area contributed by atoms with E-state index in [1.165, 1.54) is 5.56 Å². The molecular formula is C19H28ClNO3S. The van der Waals surface area contributed by atoms with Crippen molar-refractivity contribution in [3.05, 3.63) is 34.9 Å². The largest absolute Gasteiger partial charge is 0.597 e. The van der Waals surface area contributed by atoms with Crippen LogP contribution >= 0.6 is 11.6 Å². The summed E-state index contributed by atoms with van der Waals surface area (Å²) in [7, 11) is 0. The Labute approximate surface area is 159 Å². The minimum absolute atomic E-state index is 0.145. The summed E-state index contributed by atoms with van der Waals surface area (Å²) in [5.74, 6) is -0.379. The van der Waals surface area contributed by atoms with Gasteiger partial charge >= 0.3 is 5.97 Å². The zero-order valence-electron chi connectivity index (χ0n) is 15.5. The van der Waals surface area contributed by atoms with Gasteiger partial charge in [0.05, 0.1) is 25.1 Å². The maximum Gasteiger partial charge on any atom is 0.310 e. The lowest BCUT2D eigenvalue weighted by atomic mass is 9.91. The number of carbonyl (C=O) groups is 1. The third-order valence-corrected chi connectivity index (χ3v) is 6.57. The smallest absolute Gasteiger partial charge is 0.310 e. The molecule has 0 saturated carbocycles. The van der Waals surface area contributed by atoms with Crippen LogP contribution < -0.4 is 0 Å². The summed E-state index contributed by atoms with van der Waals surface area (Å²) in [6, 6.07) is 7.93. The summed E-state index contributed by atoms with van der Waals surface area (Å²) in [6.07, 6.45) is 2.40. The first-order valence-electron chi connectivity index (χ1n) is 8.82. The van der Waals surface area contributed by atoms with Crippen LogP contribution in [0.1, 0.15) is 46.1 Å². The molecule has 1 saturated heterocycles. The van der Waals surface area contributed by atoms with Gasteiger partial charge in [-0.15, -0.1) is 4.31 Å². The number of ether oxygens (including phenoxy) is 1. The summed E-state index contributed by atoms with van der Waals surface area (Å²) in [5, 5.41) is 0.713. The SMILES string of the molecule is CCOC(=O)C1CC[C@H](Cc2ccc(Cl)cc2)N([S@@+]([O-])C(C)(C)C)C1. The van der Waals surface area contributed by atoms with Crippen molar-refractivity contribution in [2.24, 2.45) is 5.92 Å². The highest BCUT2D eigenvalue weighted by Crippen LogP contribution is 2.32. The van der Waals surface area contributed by atoms with Crippen molar-refractivity contribution in [3.63, 3.8) is 0 Å². The van der Waals surface area contributed by atoms with Gasteiger partial charge in [-0.1, -0.05) is 23.7 Å². The number of halogens is 1. The van der Waals surface area contributed by atoms with Crippen LogP contribution in [-0.2, 0) is 27.3 Å². The van der Waals surface area contributed by atoms with E-state index in [-0.39, 0.29) is 22.7 Å². The minimum atomic E-state index is -1.17. The number of piperidine rings is 1. The van der Waals surface area contributed by atoms with E-state index >= 15 is 0 Å². The number of hydrogen-bond donors (Lipinski definition) is 0.